The predicted molar refractivity (Wildman–Crippen MR) is 104 cm³/mol. The van der Waals surface area contributed by atoms with Crippen LogP contribution in [-0.2, 0) is 5.75 Å². The molecule has 0 bridgehead atoms. The molecule has 1 aliphatic heterocycles. The first-order chi connectivity index (χ1) is 12.2. The van der Waals surface area contributed by atoms with Crippen molar-refractivity contribution in [2.24, 2.45) is 0 Å². The highest BCUT2D eigenvalue weighted by Crippen LogP contribution is 2.25. The van der Waals surface area contributed by atoms with Crippen LogP contribution >= 0.6 is 24.2 Å². The van der Waals surface area contributed by atoms with Crippen LogP contribution in [0.5, 0.6) is 0 Å². The second kappa shape index (κ2) is 10.5. The lowest BCUT2D eigenvalue weighted by Gasteiger charge is -2.27. The Bertz CT molecular complexity index is 706. The number of hydrogen-bond acceptors (Lipinski definition) is 7. The van der Waals surface area contributed by atoms with Gasteiger partial charge in [0.05, 0.1) is 11.3 Å². The Hall–Kier alpha value is -1.61. The minimum absolute atomic E-state index is 0. The van der Waals surface area contributed by atoms with Crippen molar-refractivity contribution >= 4 is 30.1 Å². The quantitative estimate of drug-likeness (QED) is 0.688. The summed E-state index contributed by atoms with van der Waals surface area (Å²) < 4.78 is 5.13. The number of aromatic nitrogens is 2. The van der Waals surface area contributed by atoms with E-state index in [4.69, 9.17) is 4.52 Å². The minimum atomic E-state index is -0.0417. The molecule has 9 heteroatoms. The highest BCUT2D eigenvalue weighted by molar-refractivity contribution is 7.98. The van der Waals surface area contributed by atoms with Crippen molar-refractivity contribution in [3.8, 4) is 0 Å². The van der Waals surface area contributed by atoms with E-state index in [9.17, 15) is 4.79 Å². The van der Waals surface area contributed by atoms with E-state index < -0.39 is 0 Å². The lowest BCUT2D eigenvalue weighted by molar-refractivity contribution is 0.0944. The number of amides is 1. The maximum atomic E-state index is 12.5. The Kier molecular flexibility index (Phi) is 8.37. The van der Waals surface area contributed by atoms with Crippen LogP contribution in [0.15, 0.2) is 33.7 Å². The molecule has 2 N–H and O–H groups in total. The van der Waals surface area contributed by atoms with Crippen molar-refractivity contribution in [1.82, 2.24) is 25.7 Å². The smallest absolute Gasteiger partial charge is 0.252 e. The van der Waals surface area contributed by atoms with Crippen LogP contribution in [0, 0.1) is 6.92 Å². The van der Waals surface area contributed by atoms with Crippen LogP contribution in [0.3, 0.4) is 0 Å². The van der Waals surface area contributed by atoms with E-state index in [1.807, 2.05) is 24.3 Å². The zero-order chi connectivity index (χ0) is 17.5. The van der Waals surface area contributed by atoms with Gasteiger partial charge in [-0.15, -0.1) is 24.2 Å². The van der Waals surface area contributed by atoms with Gasteiger partial charge in [0.15, 0.2) is 5.82 Å². The maximum absolute atomic E-state index is 12.5. The van der Waals surface area contributed by atoms with Gasteiger partial charge in [0, 0.05) is 44.2 Å². The molecule has 1 aromatic heterocycles. The summed E-state index contributed by atoms with van der Waals surface area (Å²) in [4.78, 5) is 20.0. The molecule has 1 aliphatic rings. The molecule has 1 saturated heterocycles. The van der Waals surface area contributed by atoms with Crippen LogP contribution in [0.2, 0.25) is 0 Å². The summed E-state index contributed by atoms with van der Waals surface area (Å²) in [6.07, 6.45) is 0. The zero-order valence-corrected chi connectivity index (χ0v) is 16.4. The lowest BCUT2D eigenvalue weighted by Crippen LogP contribution is -2.46. The third-order valence-electron chi connectivity index (χ3n) is 3.98. The number of benzene rings is 1. The number of hydrogen-bond donors (Lipinski definition) is 2. The number of halogens is 1. The van der Waals surface area contributed by atoms with Crippen molar-refractivity contribution in [3.05, 3.63) is 41.5 Å². The van der Waals surface area contributed by atoms with E-state index in [-0.39, 0.29) is 18.3 Å². The standard InChI is InChI=1S/C17H23N5O2S.ClH/c1-13-20-16(24-21-13)12-25-15-5-3-2-4-14(15)17(23)19-8-11-22-9-6-18-7-10-22;/h2-5,18H,6-12H2,1H3,(H,19,23);1H. The Labute approximate surface area is 163 Å². The molecule has 3 rings (SSSR count). The highest BCUT2D eigenvalue weighted by atomic mass is 35.5. The molecule has 0 unspecified atom stereocenters. The maximum Gasteiger partial charge on any atom is 0.252 e. The van der Waals surface area contributed by atoms with Gasteiger partial charge in [0.25, 0.3) is 5.91 Å². The SMILES string of the molecule is Cc1noc(CSc2ccccc2C(=O)NCCN2CCNCC2)n1.Cl. The van der Waals surface area contributed by atoms with Gasteiger partial charge >= 0.3 is 0 Å². The van der Waals surface area contributed by atoms with Crippen LogP contribution in [0.25, 0.3) is 0 Å². The molecule has 0 spiro atoms. The van der Waals surface area contributed by atoms with E-state index in [0.29, 0.717) is 29.6 Å². The van der Waals surface area contributed by atoms with Crippen LogP contribution in [-0.4, -0.2) is 60.2 Å². The van der Waals surface area contributed by atoms with Crippen LogP contribution in [0.1, 0.15) is 22.1 Å². The molecule has 1 amide bonds. The summed E-state index contributed by atoms with van der Waals surface area (Å²) in [6.45, 7) is 7.42. The van der Waals surface area contributed by atoms with Crippen molar-refractivity contribution in [2.75, 3.05) is 39.3 Å². The van der Waals surface area contributed by atoms with Gasteiger partial charge in [-0.25, -0.2) is 0 Å². The molecular formula is C17H24ClN5O2S. The van der Waals surface area contributed by atoms with Gasteiger partial charge in [-0.3, -0.25) is 9.69 Å². The van der Waals surface area contributed by atoms with Crippen molar-refractivity contribution < 1.29 is 9.32 Å². The predicted octanol–water partition coefficient (Wildman–Crippen LogP) is 1.73. The van der Waals surface area contributed by atoms with E-state index in [1.165, 1.54) is 11.8 Å². The number of thioether (sulfide) groups is 1. The molecule has 2 heterocycles. The summed E-state index contributed by atoms with van der Waals surface area (Å²) in [6, 6.07) is 7.60. The third kappa shape index (κ3) is 5.98. The highest BCUT2D eigenvalue weighted by Gasteiger charge is 2.14. The Morgan fingerprint density at radius 2 is 2.12 bits per heavy atom. The largest absolute Gasteiger partial charge is 0.351 e. The van der Waals surface area contributed by atoms with Gasteiger partial charge in [-0.05, 0) is 19.1 Å². The molecule has 26 heavy (non-hydrogen) atoms. The van der Waals surface area contributed by atoms with Crippen LogP contribution < -0.4 is 10.6 Å². The van der Waals surface area contributed by atoms with Gasteiger partial charge in [0.1, 0.15) is 0 Å². The van der Waals surface area contributed by atoms with Crippen molar-refractivity contribution in [1.29, 1.82) is 0 Å². The fraction of sp³-hybridized carbons (Fsp3) is 0.471. The number of aryl methyl sites for hydroxylation is 1. The van der Waals surface area contributed by atoms with Gasteiger partial charge in [-0.1, -0.05) is 17.3 Å². The number of piperazine rings is 1. The number of carbonyl (C=O) groups is 1. The van der Waals surface area contributed by atoms with Crippen LogP contribution in [0.4, 0.5) is 0 Å². The first-order valence-corrected chi connectivity index (χ1v) is 9.43. The summed E-state index contributed by atoms with van der Waals surface area (Å²) in [5.41, 5.74) is 0.684. The number of carbonyl (C=O) groups excluding carboxylic acids is 1. The first kappa shape index (κ1) is 20.7. The molecule has 0 aliphatic carbocycles. The normalized spacial score (nSPS) is 14.7. The van der Waals surface area contributed by atoms with E-state index in [0.717, 1.165) is 37.6 Å². The molecule has 1 fully saturated rings. The fourth-order valence-electron chi connectivity index (χ4n) is 2.68. The average Bonchev–Trinajstić information content (AvgIpc) is 3.06. The molecule has 0 saturated carbocycles. The number of nitrogens with one attached hydrogen (secondary N) is 2. The Morgan fingerprint density at radius 1 is 1.35 bits per heavy atom. The number of nitrogens with zero attached hydrogens (tertiary/aromatic N) is 3. The average molecular weight is 398 g/mol. The van der Waals surface area contributed by atoms with Gasteiger partial charge in [-0.2, -0.15) is 4.98 Å². The lowest BCUT2D eigenvalue weighted by atomic mass is 10.2. The first-order valence-electron chi connectivity index (χ1n) is 8.44. The van der Waals surface area contributed by atoms with E-state index >= 15 is 0 Å². The summed E-state index contributed by atoms with van der Waals surface area (Å²) in [5, 5.41) is 10.1. The zero-order valence-electron chi connectivity index (χ0n) is 14.7. The molecule has 0 radical (unpaired) electrons. The molecule has 1 aromatic carbocycles. The molecular weight excluding hydrogens is 374 g/mol. The second-order valence-electron chi connectivity index (χ2n) is 5.87. The monoisotopic (exact) mass is 397 g/mol. The molecule has 2 aromatic rings. The third-order valence-corrected chi connectivity index (χ3v) is 5.03. The Balaban J connectivity index is 0.00000243. The summed E-state index contributed by atoms with van der Waals surface area (Å²) in [5.74, 6) is 1.69. The molecule has 0 atom stereocenters. The summed E-state index contributed by atoms with van der Waals surface area (Å²) >= 11 is 1.53. The van der Waals surface area contributed by atoms with Gasteiger partial charge in [0.2, 0.25) is 5.89 Å². The molecule has 142 valence electrons. The topological polar surface area (TPSA) is 83.3 Å². The minimum Gasteiger partial charge on any atom is -0.351 e. The van der Waals surface area contributed by atoms with E-state index in [2.05, 4.69) is 25.7 Å². The molecule has 7 nitrogen and oxygen atoms in total. The Morgan fingerprint density at radius 3 is 2.85 bits per heavy atom. The number of rotatable bonds is 7. The fourth-order valence-corrected chi connectivity index (χ4v) is 3.56. The second-order valence-corrected chi connectivity index (χ2v) is 6.88. The van der Waals surface area contributed by atoms with Gasteiger partial charge < -0.3 is 15.2 Å². The van der Waals surface area contributed by atoms with Crippen molar-refractivity contribution in [3.63, 3.8) is 0 Å². The summed E-state index contributed by atoms with van der Waals surface area (Å²) in [7, 11) is 0. The van der Waals surface area contributed by atoms with E-state index in [1.54, 1.807) is 6.92 Å². The van der Waals surface area contributed by atoms with Crippen molar-refractivity contribution in [2.45, 2.75) is 17.6 Å².